The van der Waals surface area contributed by atoms with Crippen LogP contribution in [0.4, 0.5) is 0 Å². The molecule has 1 aromatic carbocycles. The molecule has 0 bridgehead atoms. The molecule has 6 heteroatoms. The van der Waals surface area contributed by atoms with Crippen LogP contribution in [0.25, 0.3) is 11.5 Å². The van der Waals surface area contributed by atoms with E-state index in [2.05, 4.69) is 35.9 Å². The zero-order chi connectivity index (χ0) is 18.3. The predicted molar refractivity (Wildman–Crippen MR) is 98.2 cm³/mol. The van der Waals surface area contributed by atoms with Crippen molar-refractivity contribution in [2.24, 2.45) is 11.3 Å². The zero-order valence-corrected chi connectivity index (χ0v) is 15.7. The molecule has 3 heterocycles. The maximum atomic E-state index is 12.2. The summed E-state index contributed by atoms with van der Waals surface area (Å²) in [5.41, 5.74) is 1.12. The third-order valence-corrected chi connectivity index (χ3v) is 5.49. The summed E-state index contributed by atoms with van der Waals surface area (Å²) in [6.45, 7) is 6.85. The van der Waals surface area contributed by atoms with Crippen LogP contribution in [0.2, 0.25) is 0 Å². The first-order valence-electron chi connectivity index (χ1n) is 9.33. The summed E-state index contributed by atoms with van der Waals surface area (Å²) in [6, 6.07) is 10.00. The standard InChI is InChI=1S/C20H26N4O2/c1-14(2)9-17(25)24-12-20(13-24)10-16(23(3)11-20)18-21-19(26-22-18)15-7-5-4-6-8-15/h4-8,14,16H,9-13H2,1-3H3. The lowest BCUT2D eigenvalue weighted by molar-refractivity contribution is -0.143. The minimum atomic E-state index is 0.151. The van der Waals surface area contributed by atoms with Gasteiger partial charge in [0.1, 0.15) is 0 Å². The van der Waals surface area contributed by atoms with Crippen molar-refractivity contribution in [2.45, 2.75) is 32.7 Å². The van der Waals surface area contributed by atoms with E-state index < -0.39 is 0 Å². The molecule has 2 fully saturated rings. The first kappa shape index (κ1) is 17.2. The Morgan fingerprint density at radius 2 is 2.00 bits per heavy atom. The monoisotopic (exact) mass is 354 g/mol. The van der Waals surface area contributed by atoms with E-state index in [9.17, 15) is 4.79 Å². The van der Waals surface area contributed by atoms with Gasteiger partial charge in [-0.15, -0.1) is 0 Å². The lowest BCUT2D eigenvalue weighted by Gasteiger charge is -2.48. The Morgan fingerprint density at radius 3 is 2.69 bits per heavy atom. The third kappa shape index (κ3) is 3.14. The Labute approximate surface area is 154 Å². The Bertz CT molecular complexity index is 780. The molecule has 0 N–H and O–H groups in total. The van der Waals surface area contributed by atoms with Gasteiger partial charge in [-0.3, -0.25) is 9.69 Å². The summed E-state index contributed by atoms with van der Waals surface area (Å²) in [5, 5.41) is 4.23. The second kappa shape index (κ2) is 6.50. The van der Waals surface area contributed by atoms with Crippen LogP contribution in [0.3, 0.4) is 0 Å². The molecule has 1 aromatic heterocycles. The van der Waals surface area contributed by atoms with Gasteiger partial charge >= 0.3 is 0 Å². The van der Waals surface area contributed by atoms with Crippen LogP contribution in [0.1, 0.15) is 38.6 Å². The number of rotatable bonds is 4. The molecule has 0 radical (unpaired) electrons. The van der Waals surface area contributed by atoms with Gasteiger partial charge in [0, 0.05) is 37.0 Å². The van der Waals surface area contributed by atoms with E-state index in [1.165, 1.54) is 0 Å². The molecule has 0 saturated carbocycles. The highest BCUT2D eigenvalue weighted by molar-refractivity contribution is 5.77. The SMILES string of the molecule is CC(C)CC(=O)N1CC2(CC(c3noc(-c4ccccc4)n3)N(C)C2)C1. The Balaban J connectivity index is 1.43. The van der Waals surface area contributed by atoms with E-state index in [1.807, 2.05) is 35.2 Å². The average molecular weight is 354 g/mol. The van der Waals surface area contributed by atoms with Gasteiger partial charge in [0.15, 0.2) is 5.82 Å². The number of hydrogen-bond donors (Lipinski definition) is 0. The fourth-order valence-electron chi connectivity index (χ4n) is 4.27. The minimum Gasteiger partial charge on any atom is -0.341 e. The molecular weight excluding hydrogens is 328 g/mol. The Hall–Kier alpha value is -2.21. The molecule has 138 valence electrons. The highest BCUT2D eigenvalue weighted by atomic mass is 16.5. The molecule has 26 heavy (non-hydrogen) atoms. The topological polar surface area (TPSA) is 62.5 Å². The number of carbonyl (C=O) groups excluding carboxylic acids is 1. The number of nitrogens with zero attached hydrogens (tertiary/aromatic N) is 4. The van der Waals surface area contributed by atoms with Crippen molar-refractivity contribution in [3.8, 4) is 11.5 Å². The van der Waals surface area contributed by atoms with Crippen molar-refractivity contribution >= 4 is 5.91 Å². The summed E-state index contributed by atoms with van der Waals surface area (Å²) < 4.78 is 5.48. The van der Waals surface area contributed by atoms with Crippen LogP contribution in [0, 0.1) is 11.3 Å². The van der Waals surface area contributed by atoms with Crippen LogP contribution >= 0.6 is 0 Å². The number of carbonyl (C=O) groups is 1. The van der Waals surface area contributed by atoms with Crippen LogP contribution in [-0.4, -0.2) is 52.5 Å². The van der Waals surface area contributed by atoms with Crippen molar-refractivity contribution in [3.63, 3.8) is 0 Å². The summed E-state index contributed by atoms with van der Waals surface area (Å²) in [6.07, 6.45) is 1.61. The van der Waals surface area contributed by atoms with Crippen molar-refractivity contribution in [3.05, 3.63) is 36.2 Å². The molecule has 1 amide bonds. The number of aromatic nitrogens is 2. The second-order valence-corrected chi connectivity index (χ2v) is 8.31. The van der Waals surface area contributed by atoms with Gasteiger partial charge < -0.3 is 9.42 Å². The molecule has 2 saturated heterocycles. The maximum absolute atomic E-state index is 12.2. The lowest BCUT2D eigenvalue weighted by Crippen LogP contribution is -2.59. The van der Waals surface area contributed by atoms with Gasteiger partial charge in [0.2, 0.25) is 5.91 Å². The Kier molecular flexibility index (Phi) is 4.31. The first-order valence-corrected chi connectivity index (χ1v) is 9.33. The van der Waals surface area contributed by atoms with E-state index in [4.69, 9.17) is 4.52 Å². The average Bonchev–Trinajstić information content (AvgIpc) is 3.18. The first-order chi connectivity index (χ1) is 12.5. The molecule has 4 rings (SSSR count). The normalized spacial score (nSPS) is 22.2. The van der Waals surface area contributed by atoms with Crippen LogP contribution in [0.15, 0.2) is 34.9 Å². The number of hydrogen-bond acceptors (Lipinski definition) is 5. The minimum absolute atomic E-state index is 0.151. The molecule has 1 unspecified atom stereocenters. The van der Waals surface area contributed by atoms with Crippen LogP contribution in [-0.2, 0) is 4.79 Å². The quantitative estimate of drug-likeness (QED) is 0.845. The number of benzene rings is 1. The van der Waals surface area contributed by atoms with Gasteiger partial charge in [0.25, 0.3) is 5.89 Å². The zero-order valence-electron chi connectivity index (χ0n) is 15.7. The smallest absolute Gasteiger partial charge is 0.257 e. The summed E-state index contributed by atoms with van der Waals surface area (Å²) in [7, 11) is 2.11. The lowest BCUT2D eigenvalue weighted by atomic mass is 9.77. The van der Waals surface area contributed by atoms with Gasteiger partial charge in [0.05, 0.1) is 6.04 Å². The Morgan fingerprint density at radius 1 is 1.27 bits per heavy atom. The maximum Gasteiger partial charge on any atom is 0.257 e. The second-order valence-electron chi connectivity index (χ2n) is 8.31. The van der Waals surface area contributed by atoms with E-state index in [0.717, 1.165) is 37.4 Å². The fraction of sp³-hybridized carbons (Fsp3) is 0.550. The molecule has 2 aliphatic heterocycles. The molecule has 1 atom stereocenters. The predicted octanol–water partition coefficient (Wildman–Crippen LogP) is 2.99. The number of amides is 1. The van der Waals surface area contributed by atoms with Gasteiger partial charge in [-0.05, 0) is 31.5 Å². The van der Waals surface area contributed by atoms with Crippen molar-refractivity contribution in [1.82, 2.24) is 19.9 Å². The van der Waals surface area contributed by atoms with E-state index in [-0.39, 0.29) is 17.4 Å². The summed E-state index contributed by atoms with van der Waals surface area (Å²) in [4.78, 5) is 21.2. The molecular formula is C20H26N4O2. The fourth-order valence-corrected chi connectivity index (χ4v) is 4.27. The number of likely N-dealkylation sites (tertiary alicyclic amines) is 2. The van der Waals surface area contributed by atoms with E-state index in [0.29, 0.717) is 18.2 Å². The molecule has 2 aromatic rings. The highest BCUT2D eigenvalue weighted by Gasteiger charge is 2.52. The summed E-state index contributed by atoms with van der Waals surface area (Å²) >= 11 is 0. The molecule has 1 spiro atoms. The third-order valence-electron chi connectivity index (χ3n) is 5.49. The van der Waals surface area contributed by atoms with Gasteiger partial charge in [-0.2, -0.15) is 4.98 Å². The van der Waals surface area contributed by atoms with Gasteiger partial charge in [-0.25, -0.2) is 0 Å². The highest BCUT2D eigenvalue weighted by Crippen LogP contribution is 2.47. The van der Waals surface area contributed by atoms with Crippen LogP contribution < -0.4 is 0 Å². The van der Waals surface area contributed by atoms with E-state index in [1.54, 1.807) is 0 Å². The van der Waals surface area contributed by atoms with Crippen molar-refractivity contribution in [2.75, 3.05) is 26.7 Å². The summed E-state index contributed by atoms with van der Waals surface area (Å²) in [5.74, 6) is 2.00. The van der Waals surface area contributed by atoms with Gasteiger partial charge in [-0.1, -0.05) is 37.2 Å². The van der Waals surface area contributed by atoms with Crippen molar-refractivity contribution in [1.29, 1.82) is 0 Å². The molecule has 0 aliphatic carbocycles. The van der Waals surface area contributed by atoms with Crippen molar-refractivity contribution < 1.29 is 9.32 Å². The van der Waals surface area contributed by atoms with Crippen LogP contribution in [0.5, 0.6) is 0 Å². The molecule has 2 aliphatic rings. The molecule has 6 nitrogen and oxygen atoms in total. The largest absolute Gasteiger partial charge is 0.341 e. The van der Waals surface area contributed by atoms with E-state index >= 15 is 0 Å².